The predicted molar refractivity (Wildman–Crippen MR) is 302 cm³/mol. The van der Waals surface area contributed by atoms with Crippen LogP contribution < -0.4 is 0 Å². The summed E-state index contributed by atoms with van der Waals surface area (Å²) < 4.78 is 0. The molecule has 0 atom stereocenters. The zero-order valence-corrected chi connectivity index (χ0v) is 40.5. The molecule has 334 valence electrons. The topological polar surface area (TPSA) is 0 Å². The van der Waals surface area contributed by atoms with E-state index >= 15 is 0 Å². The van der Waals surface area contributed by atoms with Gasteiger partial charge in [-0.2, -0.15) is 0 Å². The molecule has 0 heteroatoms. The largest absolute Gasteiger partial charge is 0.0619 e. The summed E-state index contributed by atoms with van der Waals surface area (Å²) in [6.07, 6.45) is 0.967. The number of fused-ring (bicyclic) bond motifs is 13. The standard InChI is InChI=1S/C71H50/c1-70(2)62-27-15-13-19-50(62)52-34-30-45(40-64(52)70)68-58-25-11-12-26-59(58)69(46-31-35-53-51-20-14-16-28-63(51)71(3,4)65(53)41-46)61-39-44(32-36-60(61)68)67-56-23-9-7-21-54(56)66(55-22-8-10-24-57(55)67)43-29-33-49-47(38-43)37-42-17-5-6-18-48(42)49/h5-36,38-41H,37H2,1-4H3. The molecule has 0 nitrogen and oxygen atoms in total. The molecule has 0 bridgehead atoms. The maximum atomic E-state index is 2.54. The Hall–Kier alpha value is -8.32. The van der Waals surface area contributed by atoms with Crippen molar-refractivity contribution in [3.63, 3.8) is 0 Å². The van der Waals surface area contributed by atoms with Gasteiger partial charge in [0.05, 0.1) is 0 Å². The van der Waals surface area contributed by atoms with Crippen LogP contribution in [-0.4, -0.2) is 0 Å². The van der Waals surface area contributed by atoms with E-state index in [2.05, 4.69) is 246 Å². The Balaban J connectivity index is 1.01. The van der Waals surface area contributed by atoms with E-state index in [0.717, 1.165) is 6.42 Å². The molecule has 71 heavy (non-hydrogen) atoms. The first-order chi connectivity index (χ1) is 34.7. The van der Waals surface area contributed by atoms with Gasteiger partial charge in [0.25, 0.3) is 0 Å². The van der Waals surface area contributed by atoms with Crippen molar-refractivity contribution < 1.29 is 0 Å². The molecule has 0 aromatic heterocycles. The molecule has 0 fully saturated rings. The number of benzene rings is 12. The van der Waals surface area contributed by atoms with E-state index < -0.39 is 0 Å². The Morgan fingerprint density at radius 1 is 0.239 bits per heavy atom. The van der Waals surface area contributed by atoms with Crippen molar-refractivity contribution in [3.8, 4) is 77.9 Å². The normalized spacial score (nSPS) is 14.4. The highest BCUT2D eigenvalue weighted by molar-refractivity contribution is 6.25. The first-order valence-corrected chi connectivity index (χ1v) is 25.4. The van der Waals surface area contributed by atoms with Gasteiger partial charge in [-0.3, -0.25) is 0 Å². The Morgan fingerprint density at radius 3 is 1.06 bits per heavy atom. The molecule has 3 aliphatic carbocycles. The zero-order chi connectivity index (χ0) is 47.3. The van der Waals surface area contributed by atoms with Crippen molar-refractivity contribution in [2.24, 2.45) is 0 Å². The first kappa shape index (κ1) is 40.6. The van der Waals surface area contributed by atoms with Gasteiger partial charge in [0.1, 0.15) is 0 Å². The summed E-state index contributed by atoms with van der Waals surface area (Å²) in [5, 5.41) is 10.2. The minimum atomic E-state index is -0.129. The van der Waals surface area contributed by atoms with Crippen LogP contribution in [0.15, 0.2) is 218 Å². The smallest absolute Gasteiger partial charge is 0.0159 e. The molecule has 0 aliphatic heterocycles. The lowest BCUT2D eigenvalue weighted by Crippen LogP contribution is -2.15. The lowest BCUT2D eigenvalue weighted by molar-refractivity contribution is 0.660. The molecule has 0 heterocycles. The Labute approximate surface area is 415 Å². The van der Waals surface area contributed by atoms with Gasteiger partial charge in [-0.05, 0) is 179 Å². The fourth-order valence-electron chi connectivity index (χ4n) is 13.7. The molecule has 0 amide bonds. The van der Waals surface area contributed by atoms with E-state index in [0.29, 0.717) is 0 Å². The lowest BCUT2D eigenvalue weighted by Gasteiger charge is -2.24. The second-order valence-electron chi connectivity index (χ2n) is 21.5. The zero-order valence-electron chi connectivity index (χ0n) is 40.5. The third-order valence-corrected chi connectivity index (χ3v) is 17.1. The molecule has 0 unspecified atom stereocenters. The van der Waals surface area contributed by atoms with Crippen LogP contribution >= 0.6 is 0 Å². The monoisotopic (exact) mass is 902 g/mol. The average Bonchev–Trinajstić information content (AvgIpc) is 3.98. The van der Waals surface area contributed by atoms with Gasteiger partial charge in [-0.1, -0.05) is 228 Å². The van der Waals surface area contributed by atoms with Crippen molar-refractivity contribution in [1.82, 2.24) is 0 Å². The molecule has 15 rings (SSSR count). The van der Waals surface area contributed by atoms with E-state index in [4.69, 9.17) is 0 Å². The Bertz CT molecular complexity index is 4250. The van der Waals surface area contributed by atoms with Crippen molar-refractivity contribution >= 4 is 43.1 Å². The molecule has 12 aromatic rings. The quantitative estimate of drug-likeness (QED) is 0.154. The van der Waals surface area contributed by atoms with Crippen LogP contribution in [0.5, 0.6) is 0 Å². The van der Waals surface area contributed by atoms with Crippen LogP contribution in [0.4, 0.5) is 0 Å². The highest BCUT2D eigenvalue weighted by Gasteiger charge is 2.37. The van der Waals surface area contributed by atoms with Gasteiger partial charge in [0.2, 0.25) is 0 Å². The summed E-state index contributed by atoms with van der Waals surface area (Å²) in [7, 11) is 0. The number of rotatable bonds is 4. The first-order valence-electron chi connectivity index (χ1n) is 25.4. The molecule has 0 saturated carbocycles. The fraction of sp³-hybridized carbons (Fsp3) is 0.0986. The molecule has 3 aliphatic rings. The summed E-state index contributed by atoms with van der Waals surface area (Å²) in [5.41, 5.74) is 26.4. The van der Waals surface area contributed by atoms with E-state index in [9.17, 15) is 0 Å². The second kappa shape index (κ2) is 14.6. The number of hydrogen-bond donors (Lipinski definition) is 0. The van der Waals surface area contributed by atoms with Gasteiger partial charge in [-0.25, -0.2) is 0 Å². The minimum absolute atomic E-state index is 0.117. The Kier molecular flexibility index (Phi) is 8.35. The second-order valence-corrected chi connectivity index (χ2v) is 21.5. The van der Waals surface area contributed by atoms with E-state index in [1.54, 1.807) is 0 Å². The van der Waals surface area contributed by atoms with Crippen LogP contribution in [0.2, 0.25) is 0 Å². The summed E-state index contributed by atoms with van der Waals surface area (Å²) >= 11 is 0. The van der Waals surface area contributed by atoms with Crippen LogP contribution in [0.25, 0.3) is 121 Å². The SMILES string of the molecule is CC1(C)c2ccccc2-c2ccc(-c3c4ccccc4c(-c4ccc5c(c4)C(C)(C)c4ccccc4-5)c4cc(-c5c6ccccc6c(-c6ccc7c(c6)Cc6ccccc6-7)c6ccccc56)ccc34)cc21. The molecular formula is C71H50. The minimum Gasteiger partial charge on any atom is -0.0619 e. The predicted octanol–water partition coefficient (Wildman–Crippen LogP) is 19.2. The van der Waals surface area contributed by atoms with Crippen molar-refractivity contribution in [1.29, 1.82) is 0 Å². The van der Waals surface area contributed by atoms with Crippen molar-refractivity contribution in [3.05, 3.63) is 252 Å². The summed E-state index contributed by atoms with van der Waals surface area (Å²) in [6, 6.07) is 83.5. The Morgan fingerprint density at radius 2 is 0.563 bits per heavy atom. The van der Waals surface area contributed by atoms with Crippen LogP contribution in [0.3, 0.4) is 0 Å². The summed E-state index contributed by atoms with van der Waals surface area (Å²) in [4.78, 5) is 0. The van der Waals surface area contributed by atoms with Crippen LogP contribution in [0, 0.1) is 0 Å². The average molecular weight is 903 g/mol. The van der Waals surface area contributed by atoms with Gasteiger partial charge in [0, 0.05) is 10.8 Å². The van der Waals surface area contributed by atoms with E-state index in [1.165, 1.54) is 154 Å². The van der Waals surface area contributed by atoms with Gasteiger partial charge in [0.15, 0.2) is 0 Å². The van der Waals surface area contributed by atoms with Crippen LogP contribution in [-0.2, 0) is 17.3 Å². The molecule has 0 saturated heterocycles. The van der Waals surface area contributed by atoms with Crippen molar-refractivity contribution in [2.45, 2.75) is 44.9 Å². The number of hydrogen-bond acceptors (Lipinski definition) is 0. The summed E-state index contributed by atoms with van der Waals surface area (Å²) in [5.74, 6) is 0. The van der Waals surface area contributed by atoms with Crippen LogP contribution in [0.1, 0.15) is 61.1 Å². The highest BCUT2D eigenvalue weighted by atomic mass is 14.4. The molecule has 0 N–H and O–H groups in total. The lowest BCUT2D eigenvalue weighted by atomic mass is 9.79. The maximum Gasteiger partial charge on any atom is 0.0159 e. The van der Waals surface area contributed by atoms with Gasteiger partial charge < -0.3 is 0 Å². The summed E-state index contributed by atoms with van der Waals surface area (Å²) in [6.45, 7) is 9.58. The highest BCUT2D eigenvalue weighted by Crippen LogP contribution is 2.55. The molecule has 12 aromatic carbocycles. The fourth-order valence-corrected chi connectivity index (χ4v) is 13.7. The van der Waals surface area contributed by atoms with Gasteiger partial charge in [-0.15, -0.1) is 0 Å². The third kappa shape index (κ3) is 5.62. The molecule has 0 radical (unpaired) electrons. The molecular weight excluding hydrogens is 853 g/mol. The van der Waals surface area contributed by atoms with E-state index in [-0.39, 0.29) is 10.8 Å². The van der Waals surface area contributed by atoms with E-state index in [1.807, 2.05) is 0 Å². The maximum absolute atomic E-state index is 2.54. The van der Waals surface area contributed by atoms with Gasteiger partial charge >= 0.3 is 0 Å². The van der Waals surface area contributed by atoms with Crippen molar-refractivity contribution in [2.75, 3.05) is 0 Å². The third-order valence-electron chi connectivity index (χ3n) is 17.1. The molecule has 0 spiro atoms.